The predicted octanol–water partition coefficient (Wildman–Crippen LogP) is 4.32. The number of carbonyl (C=O) groups is 2. The highest BCUT2D eigenvalue weighted by Crippen LogP contribution is 2.30. The first-order valence-electron chi connectivity index (χ1n) is 8.24. The fourth-order valence-electron chi connectivity index (χ4n) is 2.52. The van der Waals surface area contributed by atoms with Gasteiger partial charge in [0.15, 0.2) is 5.17 Å². The maximum atomic E-state index is 12.6. The van der Waals surface area contributed by atoms with Gasteiger partial charge in [-0.1, -0.05) is 41.6 Å². The van der Waals surface area contributed by atoms with E-state index in [1.54, 1.807) is 29.2 Å². The van der Waals surface area contributed by atoms with Crippen LogP contribution in [-0.2, 0) is 9.59 Å². The van der Waals surface area contributed by atoms with E-state index in [-0.39, 0.29) is 18.2 Å². The quantitative estimate of drug-likeness (QED) is 0.849. The van der Waals surface area contributed by atoms with Gasteiger partial charge in [-0.15, -0.1) is 0 Å². The number of thioether (sulfide) groups is 1. The van der Waals surface area contributed by atoms with Gasteiger partial charge in [-0.25, -0.2) is 4.99 Å². The average Bonchev–Trinajstić information content (AvgIpc) is 2.64. The SMILES string of the molecule is CCN1C(=O)C[C@@H](C(=O)Nc2ccccc2)SC1=Nc1ccc(Cl)cc1. The summed E-state index contributed by atoms with van der Waals surface area (Å²) >= 11 is 7.21. The van der Waals surface area contributed by atoms with Gasteiger partial charge in [-0.3, -0.25) is 14.5 Å². The zero-order valence-electron chi connectivity index (χ0n) is 14.2. The van der Waals surface area contributed by atoms with Crippen molar-refractivity contribution in [3.05, 3.63) is 59.6 Å². The number of halogens is 1. The molecular formula is C19H18ClN3O2S. The minimum absolute atomic E-state index is 0.104. The van der Waals surface area contributed by atoms with Crippen LogP contribution in [0.5, 0.6) is 0 Å². The van der Waals surface area contributed by atoms with Crippen LogP contribution in [0.2, 0.25) is 5.02 Å². The summed E-state index contributed by atoms with van der Waals surface area (Å²) in [4.78, 5) is 31.2. The molecule has 0 bridgehead atoms. The molecule has 0 aliphatic carbocycles. The lowest BCUT2D eigenvalue weighted by atomic mass is 10.2. The number of nitrogens with zero attached hydrogens (tertiary/aromatic N) is 2. The van der Waals surface area contributed by atoms with Crippen molar-refractivity contribution in [1.82, 2.24) is 4.90 Å². The van der Waals surface area contributed by atoms with Crippen molar-refractivity contribution in [3.63, 3.8) is 0 Å². The molecule has 1 heterocycles. The van der Waals surface area contributed by atoms with Gasteiger partial charge in [0.05, 0.1) is 5.69 Å². The molecule has 134 valence electrons. The molecule has 0 saturated carbocycles. The Morgan fingerprint density at radius 1 is 1.23 bits per heavy atom. The first-order chi connectivity index (χ1) is 12.6. The monoisotopic (exact) mass is 387 g/mol. The number of para-hydroxylation sites is 1. The third-order valence-electron chi connectivity index (χ3n) is 3.84. The summed E-state index contributed by atoms with van der Waals surface area (Å²) in [5.74, 6) is -0.304. The second kappa shape index (κ2) is 8.38. The van der Waals surface area contributed by atoms with E-state index in [0.29, 0.717) is 28.1 Å². The number of amides is 2. The highest BCUT2D eigenvalue weighted by molar-refractivity contribution is 8.15. The fourth-order valence-corrected chi connectivity index (χ4v) is 3.81. The molecule has 2 aromatic carbocycles. The average molecular weight is 388 g/mol. The van der Waals surface area contributed by atoms with Crippen molar-refractivity contribution < 1.29 is 9.59 Å². The molecule has 2 aromatic rings. The van der Waals surface area contributed by atoms with Gasteiger partial charge in [0, 0.05) is 23.7 Å². The van der Waals surface area contributed by atoms with E-state index in [0.717, 1.165) is 0 Å². The summed E-state index contributed by atoms with van der Waals surface area (Å²) in [5.41, 5.74) is 1.40. The molecule has 0 radical (unpaired) electrons. The highest BCUT2D eigenvalue weighted by Gasteiger charge is 2.35. The molecule has 1 aliphatic heterocycles. The van der Waals surface area contributed by atoms with Crippen LogP contribution in [0.3, 0.4) is 0 Å². The molecule has 0 unspecified atom stereocenters. The predicted molar refractivity (Wildman–Crippen MR) is 107 cm³/mol. The molecule has 7 heteroatoms. The van der Waals surface area contributed by atoms with E-state index in [9.17, 15) is 9.59 Å². The van der Waals surface area contributed by atoms with Crippen LogP contribution in [0.15, 0.2) is 59.6 Å². The molecule has 1 saturated heterocycles. The van der Waals surface area contributed by atoms with E-state index in [1.165, 1.54) is 11.8 Å². The Hall–Kier alpha value is -2.31. The smallest absolute Gasteiger partial charge is 0.238 e. The number of carbonyl (C=O) groups excluding carboxylic acids is 2. The summed E-state index contributed by atoms with van der Waals surface area (Å²) in [6, 6.07) is 16.2. The lowest BCUT2D eigenvalue weighted by molar-refractivity contribution is -0.129. The first-order valence-corrected chi connectivity index (χ1v) is 9.49. The van der Waals surface area contributed by atoms with E-state index < -0.39 is 5.25 Å². The van der Waals surface area contributed by atoms with Gasteiger partial charge in [0.1, 0.15) is 5.25 Å². The molecule has 26 heavy (non-hydrogen) atoms. The third-order valence-corrected chi connectivity index (χ3v) is 5.28. The van der Waals surface area contributed by atoms with Crippen LogP contribution in [0.4, 0.5) is 11.4 Å². The summed E-state index contributed by atoms with van der Waals surface area (Å²) < 4.78 is 0. The van der Waals surface area contributed by atoms with Crippen molar-refractivity contribution in [2.75, 3.05) is 11.9 Å². The minimum atomic E-state index is -0.517. The maximum absolute atomic E-state index is 12.6. The van der Waals surface area contributed by atoms with Crippen molar-refractivity contribution >= 4 is 51.7 Å². The standard InChI is InChI=1S/C19H18ClN3O2S/c1-2-23-17(24)12-16(18(25)21-14-6-4-3-5-7-14)26-19(23)22-15-10-8-13(20)9-11-15/h3-11,16H,2,12H2,1H3,(H,21,25)/t16-/m0/s1. The van der Waals surface area contributed by atoms with Crippen LogP contribution in [0.1, 0.15) is 13.3 Å². The molecule has 1 atom stereocenters. The van der Waals surface area contributed by atoms with E-state index >= 15 is 0 Å². The lowest BCUT2D eigenvalue weighted by Gasteiger charge is -2.30. The number of hydrogen-bond donors (Lipinski definition) is 1. The topological polar surface area (TPSA) is 61.8 Å². The zero-order valence-corrected chi connectivity index (χ0v) is 15.8. The number of anilines is 1. The van der Waals surface area contributed by atoms with E-state index in [1.807, 2.05) is 37.3 Å². The molecule has 1 aliphatic rings. The fraction of sp³-hybridized carbons (Fsp3) is 0.211. The maximum Gasteiger partial charge on any atom is 0.238 e. The second-order valence-corrected chi connectivity index (χ2v) is 7.28. The molecular weight excluding hydrogens is 370 g/mol. The van der Waals surface area contributed by atoms with Gasteiger partial charge in [0.2, 0.25) is 11.8 Å². The van der Waals surface area contributed by atoms with Gasteiger partial charge >= 0.3 is 0 Å². The largest absolute Gasteiger partial charge is 0.325 e. The van der Waals surface area contributed by atoms with Gasteiger partial charge in [-0.05, 0) is 43.3 Å². The number of amidine groups is 1. The highest BCUT2D eigenvalue weighted by atomic mass is 35.5. The van der Waals surface area contributed by atoms with Crippen LogP contribution >= 0.6 is 23.4 Å². The molecule has 1 N–H and O–H groups in total. The summed E-state index contributed by atoms with van der Waals surface area (Å²) in [7, 11) is 0. The zero-order chi connectivity index (χ0) is 18.5. The molecule has 1 fully saturated rings. The van der Waals surface area contributed by atoms with Crippen LogP contribution in [-0.4, -0.2) is 33.7 Å². The first kappa shape index (κ1) is 18.5. The van der Waals surface area contributed by atoms with Crippen molar-refractivity contribution in [1.29, 1.82) is 0 Å². The van der Waals surface area contributed by atoms with Gasteiger partial charge in [-0.2, -0.15) is 0 Å². The summed E-state index contributed by atoms with van der Waals surface area (Å²) in [5, 5.41) is 3.48. The Morgan fingerprint density at radius 3 is 2.58 bits per heavy atom. The number of benzene rings is 2. The van der Waals surface area contributed by atoms with Crippen molar-refractivity contribution in [3.8, 4) is 0 Å². The second-order valence-electron chi connectivity index (χ2n) is 5.67. The summed E-state index contributed by atoms with van der Waals surface area (Å²) in [6.45, 7) is 2.39. The Morgan fingerprint density at radius 2 is 1.92 bits per heavy atom. The van der Waals surface area contributed by atoms with Crippen molar-refractivity contribution in [2.45, 2.75) is 18.6 Å². The third kappa shape index (κ3) is 4.45. The molecule has 3 rings (SSSR count). The Balaban J connectivity index is 1.80. The number of aliphatic imine (C=N–C) groups is 1. The Kier molecular flexibility index (Phi) is 5.96. The van der Waals surface area contributed by atoms with Gasteiger partial charge in [0.25, 0.3) is 0 Å². The van der Waals surface area contributed by atoms with E-state index in [4.69, 9.17) is 11.6 Å². The minimum Gasteiger partial charge on any atom is -0.325 e. The van der Waals surface area contributed by atoms with E-state index in [2.05, 4.69) is 10.3 Å². The summed E-state index contributed by atoms with van der Waals surface area (Å²) in [6.07, 6.45) is 0.150. The number of hydrogen-bond acceptors (Lipinski definition) is 4. The molecule has 0 spiro atoms. The lowest BCUT2D eigenvalue weighted by Crippen LogP contribution is -2.45. The molecule has 0 aromatic heterocycles. The van der Waals surface area contributed by atoms with Crippen LogP contribution in [0.25, 0.3) is 0 Å². The molecule has 2 amide bonds. The van der Waals surface area contributed by atoms with Gasteiger partial charge < -0.3 is 5.32 Å². The molecule has 5 nitrogen and oxygen atoms in total. The Labute approximate surface area is 161 Å². The normalized spacial score (nSPS) is 18.8. The van der Waals surface area contributed by atoms with Crippen molar-refractivity contribution in [2.24, 2.45) is 4.99 Å². The van der Waals surface area contributed by atoms with Crippen LogP contribution in [0, 0.1) is 0 Å². The van der Waals surface area contributed by atoms with Crippen LogP contribution < -0.4 is 5.32 Å². The Bertz CT molecular complexity index is 824. The number of rotatable bonds is 4. The number of nitrogens with one attached hydrogen (secondary N) is 1.